The Morgan fingerprint density at radius 3 is 2.60 bits per heavy atom. The predicted octanol–water partition coefficient (Wildman–Crippen LogP) is 2.54. The molecule has 7 heteroatoms. The molecule has 1 unspecified atom stereocenters. The molecule has 0 fully saturated rings. The van der Waals surface area contributed by atoms with Crippen LogP contribution < -0.4 is 14.6 Å². The van der Waals surface area contributed by atoms with Gasteiger partial charge in [0, 0.05) is 5.92 Å². The summed E-state index contributed by atoms with van der Waals surface area (Å²) in [6.07, 6.45) is 1.64. The molecule has 1 aromatic rings. The lowest BCUT2D eigenvalue weighted by Crippen LogP contribution is -2.27. The third-order valence-electron chi connectivity index (χ3n) is 2.78. The SMILES string of the molecule is CCCC(COc1ccc(OC)cc1Br)CS(N)(=O)=O. The van der Waals surface area contributed by atoms with Gasteiger partial charge in [-0.2, -0.15) is 0 Å². The minimum atomic E-state index is -3.48. The monoisotopic (exact) mass is 365 g/mol. The Kier molecular flexibility index (Phi) is 6.78. The third-order valence-corrected chi connectivity index (χ3v) is 4.33. The van der Waals surface area contributed by atoms with Crippen molar-refractivity contribution in [3.63, 3.8) is 0 Å². The van der Waals surface area contributed by atoms with E-state index in [0.29, 0.717) is 12.4 Å². The van der Waals surface area contributed by atoms with Crippen molar-refractivity contribution in [2.75, 3.05) is 19.5 Å². The summed E-state index contributed by atoms with van der Waals surface area (Å²) < 4.78 is 33.9. The Labute approximate surface area is 128 Å². The van der Waals surface area contributed by atoms with Crippen molar-refractivity contribution in [3.8, 4) is 11.5 Å². The number of nitrogens with two attached hydrogens (primary N) is 1. The van der Waals surface area contributed by atoms with Crippen LogP contribution in [0.1, 0.15) is 19.8 Å². The van der Waals surface area contributed by atoms with E-state index in [-0.39, 0.29) is 11.7 Å². The number of hydrogen-bond donors (Lipinski definition) is 1. The van der Waals surface area contributed by atoms with Gasteiger partial charge in [0.05, 0.1) is 23.9 Å². The highest BCUT2D eigenvalue weighted by Crippen LogP contribution is 2.29. The Bertz CT molecular complexity index is 533. The van der Waals surface area contributed by atoms with Gasteiger partial charge in [-0.05, 0) is 40.5 Å². The second-order valence-corrected chi connectivity index (χ2v) is 7.10. The number of ether oxygens (including phenoxy) is 2. The average Bonchev–Trinajstić information content (AvgIpc) is 2.35. The molecule has 0 heterocycles. The minimum Gasteiger partial charge on any atom is -0.497 e. The first-order chi connectivity index (χ1) is 9.35. The lowest BCUT2D eigenvalue weighted by Gasteiger charge is -2.17. The van der Waals surface area contributed by atoms with E-state index in [1.807, 2.05) is 6.92 Å². The quantitative estimate of drug-likeness (QED) is 0.767. The normalized spacial score (nSPS) is 13.0. The van der Waals surface area contributed by atoms with Crippen LogP contribution in [0.5, 0.6) is 11.5 Å². The van der Waals surface area contributed by atoms with E-state index >= 15 is 0 Å². The zero-order chi connectivity index (χ0) is 15.2. The second-order valence-electron chi connectivity index (χ2n) is 4.59. The summed E-state index contributed by atoms with van der Waals surface area (Å²) in [5.41, 5.74) is 0. The molecule has 2 N–H and O–H groups in total. The van der Waals surface area contributed by atoms with Crippen LogP contribution in [0.4, 0.5) is 0 Å². The lowest BCUT2D eigenvalue weighted by atomic mass is 10.1. The van der Waals surface area contributed by atoms with Crippen LogP contribution in [0.2, 0.25) is 0 Å². The summed E-state index contributed by atoms with van der Waals surface area (Å²) in [6.45, 7) is 2.31. The molecule has 0 amide bonds. The summed E-state index contributed by atoms with van der Waals surface area (Å²) in [5, 5.41) is 5.09. The molecular formula is C13H20BrNO4S. The maximum absolute atomic E-state index is 11.2. The largest absolute Gasteiger partial charge is 0.497 e. The van der Waals surface area contributed by atoms with Gasteiger partial charge in [-0.1, -0.05) is 13.3 Å². The van der Waals surface area contributed by atoms with Crippen molar-refractivity contribution < 1.29 is 17.9 Å². The first kappa shape index (κ1) is 17.3. The van der Waals surface area contributed by atoms with E-state index in [2.05, 4.69) is 15.9 Å². The smallest absolute Gasteiger partial charge is 0.209 e. The van der Waals surface area contributed by atoms with Gasteiger partial charge in [0.15, 0.2) is 0 Å². The molecule has 0 aliphatic carbocycles. The predicted molar refractivity (Wildman–Crippen MR) is 82.6 cm³/mol. The molecule has 0 aromatic heterocycles. The highest BCUT2D eigenvalue weighted by molar-refractivity contribution is 9.10. The molecule has 0 aliphatic rings. The van der Waals surface area contributed by atoms with Crippen molar-refractivity contribution in [2.45, 2.75) is 19.8 Å². The summed E-state index contributed by atoms with van der Waals surface area (Å²) in [7, 11) is -1.89. The summed E-state index contributed by atoms with van der Waals surface area (Å²) in [6, 6.07) is 5.36. The van der Waals surface area contributed by atoms with E-state index < -0.39 is 10.0 Å². The number of benzene rings is 1. The Balaban J connectivity index is 2.67. The van der Waals surface area contributed by atoms with Gasteiger partial charge in [0.1, 0.15) is 11.5 Å². The van der Waals surface area contributed by atoms with Crippen LogP contribution in [0.25, 0.3) is 0 Å². The maximum atomic E-state index is 11.2. The molecule has 114 valence electrons. The summed E-state index contributed by atoms with van der Waals surface area (Å²) in [4.78, 5) is 0. The molecular weight excluding hydrogens is 346 g/mol. The van der Waals surface area contributed by atoms with Crippen LogP contribution in [-0.4, -0.2) is 27.9 Å². The van der Waals surface area contributed by atoms with Crippen molar-refractivity contribution >= 4 is 26.0 Å². The lowest BCUT2D eigenvalue weighted by molar-refractivity contribution is 0.251. The van der Waals surface area contributed by atoms with Crippen molar-refractivity contribution in [2.24, 2.45) is 11.1 Å². The minimum absolute atomic E-state index is 0.0609. The van der Waals surface area contributed by atoms with Crippen LogP contribution in [0.3, 0.4) is 0 Å². The molecule has 20 heavy (non-hydrogen) atoms. The Hall–Kier alpha value is -0.790. The fraction of sp³-hybridized carbons (Fsp3) is 0.538. The maximum Gasteiger partial charge on any atom is 0.209 e. The van der Waals surface area contributed by atoms with Gasteiger partial charge < -0.3 is 9.47 Å². The van der Waals surface area contributed by atoms with Gasteiger partial charge in [-0.15, -0.1) is 0 Å². The van der Waals surface area contributed by atoms with Crippen molar-refractivity contribution in [1.82, 2.24) is 0 Å². The number of methoxy groups -OCH3 is 1. The molecule has 0 spiro atoms. The Morgan fingerprint density at radius 2 is 2.10 bits per heavy atom. The number of primary sulfonamides is 1. The van der Waals surface area contributed by atoms with E-state index in [4.69, 9.17) is 14.6 Å². The zero-order valence-corrected chi connectivity index (χ0v) is 14.0. The fourth-order valence-corrected chi connectivity index (χ4v) is 3.28. The number of halogens is 1. The zero-order valence-electron chi connectivity index (χ0n) is 11.6. The van der Waals surface area contributed by atoms with Gasteiger partial charge in [0.2, 0.25) is 10.0 Å². The van der Waals surface area contributed by atoms with Gasteiger partial charge in [0.25, 0.3) is 0 Å². The van der Waals surface area contributed by atoms with Gasteiger partial charge >= 0.3 is 0 Å². The van der Waals surface area contributed by atoms with E-state index in [1.54, 1.807) is 25.3 Å². The van der Waals surface area contributed by atoms with Gasteiger partial charge in [-0.25, -0.2) is 13.6 Å². The average molecular weight is 366 g/mol. The third kappa shape index (κ3) is 6.11. The standard InChI is InChI=1S/C13H20BrNO4S/c1-3-4-10(9-20(15,16)17)8-19-13-6-5-11(18-2)7-12(13)14/h5-7,10H,3-4,8-9H2,1-2H3,(H2,15,16,17). The molecule has 0 saturated heterocycles. The summed E-state index contributed by atoms with van der Waals surface area (Å²) in [5.74, 6) is 1.21. The second kappa shape index (κ2) is 7.85. The van der Waals surface area contributed by atoms with E-state index in [9.17, 15) is 8.42 Å². The number of sulfonamides is 1. The van der Waals surface area contributed by atoms with Crippen molar-refractivity contribution in [1.29, 1.82) is 0 Å². The molecule has 1 aromatic carbocycles. The van der Waals surface area contributed by atoms with E-state index in [1.165, 1.54) is 0 Å². The molecule has 0 saturated carbocycles. The first-order valence-electron chi connectivity index (χ1n) is 6.32. The fourth-order valence-electron chi connectivity index (χ4n) is 1.88. The molecule has 0 radical (unpaired) electrons. The van der Waals surface area contributed by atoms with Crippen molar-refractivity contribution in [3.05, 3.63) is 22.7 Å². The molecule has 0 aliphatic heterocycles. The molecule has 5 nitrogen and oxygen atoms in total. The number of hydrogen-bond acceptors (Lipinski definition) is 4. The Morgan fingerprint density at radius 1 is 1.40 bits per heavy atom. The first-order valence-corrected chi connectivity index (χ1v) is 8.83. The van der Waals surface area contributed by atoms with Crippen LogP contribution >= 0.6 is 15.9 Å². The highest BCUT2D eigenvalue weighted by atomic mass is 79.9. The highest BCUT2D eigenvalue weighted by Gasteiger charge is 2.16. The van der Waals surface area contributed by atoms with E-state index in [0.717, 1.165) is 23.1 Å². The van der Waals surface area contributed by atoms with Crippen LogP contribution in [0.15, 0.2) is 22.7 Å². The molecule has 0 bridgehead atoms. The number of rotatable bonds is 8. The van der Waals surface area contributed by atoms with Crippen LogP contribution in [0, 0.1) is 5.92 Å². The van der Waals surface area contributed by atoms with Crippen LogP contribution in [-0.2, 0) is 10.0 Å². The summed E-state index contributed by atoms with van der Waals surface area (Å²) >= 11 is 3.39. The topological polar surface area (TPSA) is 78.6 Å². The molecule has 1 rings (SSSR count). The molecule has 1 atom stereocenters. The van der Waals surface area contributed by atoms with Gasteiger partial charge in [-0.3, -0.25) is 0 Å².